The van der Waals surface area contributed by atoms with Crippen molar-refractivity contribution in [2.75, 3.05) is 7.05 Å². The van der Waals surface area contributed by atoms with Crippen LogP contribution in [0, 0.1) is 0 Å². The fourth-order valence-corrected chi connectivity index (χ4v) is 2.37. The first-order valence-corrected chi connectivity index (χ1v) is 6.93. The van der Waals surface area contributed by atoms with E-state index >= 15 is 0 Å². The van der Waals surface area contributed by atoms with Crippen molar-refractivity contribution in [1.29, 1.82) is 0 Å². The molecule has 0 N–H and O–H groups in total. The lowest BCUT2D eigenvalue weighted by atomic mass is 10.1. The Morgan fingerprint density at radius 1 is 1.08 bits per heavy atom. The third-order valence-corrected chi connectivity index (χ3v) is 3.41. The summed E-state index contributed by atoms with van der Waals surface area (Å²) in [6.45, 7) is -0.150. The first-order valence-electron chi connectivity index (χ1n) is 6.93. The van der Waals surface area contributed by atoms with Crippen LogP contribution in [0.4, 0.5) is 26.3 Å². The van der Waals surface area contributed by atoms with Gasteiger partial charge in [0.05, 0.1) is 0 Å². The third-order valence-electron chi connectivity index (χ3n) is 3.41. The largest absolute Gasteiger partial charge is 0.435 e. The van der Waals surface area contributed by atoms with Gasteiger partial charge in [-0.3, -0.25) is 9.48 Å². The van der Waals surface area contributed by atoms with Gasteiger partial charge in [0.1, 0.15) is 5.56 Å². The lowest BCUT2D eigenvalue weighted by Gasteiger charge is -2.19. The average Bonchev–Trinajstić information content (AvgIpc) is 2.85. The minimum atomic E-state index is -5.19. The SMILES string of the molecule is CN(Cc1ccccc1)C(=O)c1c(C(F)(F)F)nn(C)c1C(F)(F)F. The Morgan fingerprint density at radius 2 is 1.64 bits per heavy atom. The first-order chi connectivity index (χ1) is 11.4. The number of carbonyl (C=O) groups excluding carboxylic acids is 1. The Morgan fingerprint density at radius 3 is 2.12 bits per heavy atom. The van der Waals surface area contributed by atoms with Crippen molar-refractivity contribution in [3.8, 4) is 0 Å². The Hall–Kier alpha value is -2.52. The Bertz CT molecular complexity index is 764. The van der Waals surface area contributed by atoms with Crippen LogP contribution in [0.2, 0.25) is 0 Å². The summed E-state index contributed by atoms with van der Waals surface area (Å²) in [5, 5.41) is 2.88. The van der Waals surface area contributed by atoms with Crippen LogP contribution < -0.4 is 0 Å². The van der Waals surface area contributed by atoms with Crippen LogP contribution in [-0.2, 0) is 25.9 Å². The van der Waals surface area contributed by atoms with E-state index in [9.17, 15) is 31.1 Å². The van der Waals surface area contributed by atoms with Gasteiger partial charge in [0.15, 0.2) is 11.4 Å². The zero-order chi connectivity index (χ0) is 19.0. The number of amides is 1. The van der Waals surface area contributed by atoms with Gasteiger partial charge < -0.3 is 4.90 Å². The van der Waals surface area contributed by atoms with Gasteiger partial charge in [-0.25, -0.2) is 0 Å². The Kier molecular flexibility index (Phi) is 4.83. The van der Waals surface area contributed by atoms with Crippen molar-refractivity contribution in [2.24, 2.45) is 7.05 Å². The highest BCUT2D eigenvalue weighted by molar-refractivity contribution is 5.96. The average molecular weight is 365 g/mol. The van der Waals surface area contributed by atoms with E-state index in [2.05, 4.69) is 5.10 Å². The van der Waals surface area contributed by atoms with Crippen LogP contribution in [0.3, 0.4) is 0 Å². The maximum absolute atomic E-state index is 13.2. The standard InChI is InChI=1S/C15H13F6N3O/c1-23(8-9-6-4-3-5-7-9)13(25)10-11(14(16,17)18)22-24(2)12(10)15(19,20)21/h3-7H,8H2,1-2H3. The molecule has 1 aromatic heterocycles. The number of alkyl halides is 6. The lowest BCUT2D eigenvalue weighted by Crippen LogP contribution is -2.30. The highest BCUT2D eigenvalue weighted by atomic mass is 19.4. The molecule has 0 saturated carbocycles. The van der Waals surface area contributed by atoms with Gasteiger partial charge in [0, 0.05) is 20.6 Å². The number of hydrogen-bond acceptors (Lipinski definition) is 2. The number of aryl methyl sites for hydroxylation is 1. The van der Waals surface area contributed by atoms with Crippen molar-refractivity contribution >= 4 is 5.91 Å². The van der Waals surface area contributed by atoms with Gasteiger partial charge >= 0.3 is 12.4 Å². The van der Waals surface area contributed by atoms with E-state index in [-0.39, 0.29) is 11.2 Å². The topological polar surface area (TPSA) is 38.1 Å². The maximum Gasteiger partial charge on any atom is 0.435 e. The van der Waals surface area contributed by atoms with Gasteiger partial charge in [0.2, 0.25) is 0 Å². The van der Waals surface area contributed by atoms with E-state index in [4.69, 9.17) is 0 Å². The molecule has 0 radical (unpaired) electrons. The van der Waals surface area contributed by atoms with Crippen LogP contribution in [0.25, 0.3) is 0 Å². The van der Waals surface area contributed by atoms with Crippen LogP contribution in [0.15, 0.2) is 30.3 Å². The molecule has 10 heteroatoms. The lowest BCUT2D eigenvalue weighted by molar-refractivity contribution is -0.144. The molecule has 0 saturated heterocycles. The Balaban J connectivity index is 2.50. The molecule has 136 valence electrons. The second kappa shape index (κ2) is 6.41. The minimum absolute atomic E-state index is 0.0341. The van der Waals surface area contributed by atoms with Gasteiger partial charge in [-0.05, 0) is 5.56 Å². The fourth-order valence-electron chi connectivity index (χ4n) is 2.37. The number of aromatic nitrogens is 2. The molecular formula is C15H13F6N3O. The molecule has 0 aliphatic rings. The molecule has 1 heterocycles. The number of carbonyl (C=O) groups is 1. The predicted molar refractivity (Wildman–Crippen MR) is 75.5 cm³/mol. The van der Waals surface area contributed by atoms with E-state index in [0.29, 0.717) is 12.6 Å². The monoisotopic (exact) mass is 365 g/mol. The summed E-state index contributed by atoms with van der Waals surface area (Å²) in [6.07, 6.45) is -10.4. The molecule has 2 aromatic rings. The summed E-state index contributed by atoms with van der Waals surface area (Å²) in [6, 6.07) is 8.17. The highest BCUT2D eigenvalue weighted by Gasteiger charge is 2.48. The molecule has 1 aromatic carbocycles. The Labute approximate surface area is 138 Å². The van der Waals surface area contributed by atoms with E-state index < -0.39 is 35.2 Å². The zero-order valence-corrected chi connectivity index (χ0v) is 13.1. The predicted octanol–water partition coefficient (Wildman–Crippen LogP) is 3.73. The second-order valence-corrected chi connectivity index (χ2v) is 5.34. The normalized spacial score (nSPS) is 12.3. The third kappa shape index (κ3) is 3.94. The minimum Gasteiger partial charge on any atom is -0.337 e. The fraction of sp³-hybridized carbons (Fsp3) is 0.333. The van der Waals surface area contributed by atoms with Gasteiger partial charge in [-0.15, -0.1) is 0 Å². The number of rotatable bonds is 3. The maximum atomic E-state index is 13.2. The number of nitrogens with zero attached hydrogens (tertiary/aromatic N) is 3. The highest BCUT2D eigenvalue weighted by Crippen LogP contribution is 2.39. The van der Waals surface area contributed by atoms with E-state index in [1.165, 1.54) is 0 Å². The molecule has 0 aliphatic heterocycles. The van der Waals surface area contributed by atoms with Crippen LogP contribution in [0.5, 0.6) is 0 Å². The van der Waals surface area contributed by atoms with Crippen molar-refractivity contribution in [2.45, 2.75) is 18.9 Å². The molecular weight excluding hydrogens is 352 g/mol. The van der Waals surface area contributed by atoms with Crippen molar-refractivity contribution in [3.05, 3.63) is 52.8 Å². The van der Waals surface area contributed by atoms with Gasteiger partial charge in [-0.1, -0.05) is 30.3 Å². The zero-order valence-electron chi connectivity index (χ0n) is 13.1. The molecule has 0 atom stereocenters. The van der Waals surface area contributed by atoms with E-state index in [0.717, 1.165) is 11.9 Å². The summed E-state index contributed by atoms with van der Waals surface area (Å²) < 4.78 is 78.7. The smallest absolute Gasteiger partial charge is 0.337 e. The summed E-state index contributed by atoms with van der Waals surface area (Å²) in [5.41, 5.74) is -4.53. The molecule has 0 unspecified atom stereocenters. The van der Waals surface area contributed by atoms with Crippen molar-refractivity contribution in [1.82, 2.24) is 14.7 Å². The van der Waals surface area contributed by atoms with Crippen LogP contribution in [-0.4, -0.2) is 27.6 Å². The molecule has 25 heavy (non-hydrogen) atoms. The molecule has 0 bridgehead atoms. The summed E-state index contributed by atoms with van der Waals surface area (Å²) in [4.78, 5) is 13.2. The number of halogens is 6. The summed E-state index contributed by atoms with van der Waals surface area (Å²) in [7, 11) is 1.84. The van der Waals surface area contributed by atoms with Gasteiger partial charge in [-0.2, -0.15) is 31.4 Å². The molecule has 0 aliphatic carbocycles. The van der Waals surface area contributed by atoms with Crippen molar-refractivity contribution < 1.29 is 31.1 Å². The van der Waals surface area contributed by atoms with Crippen LogP contribution >= 0.6 is 0 Å². The van der Waals surface area contributed by atoms with Crippen LogP contribution in [0.1, 0.15) is 27.3 Å². The summed E-state index contributed by atoms with van der Waals surface area (Å²) in [5.74, 6) is -1.41. The van der Waals surface area contributed by atoms with Crippen molar-refractivity contribution in [3.63, 3.8) is 0 Å². The number of benzene rings is 1. The molecule has 4 nitrogen and oxygen atoms in total. The quantitative estimate of drug-likeness (QED) is 0.778. The molecule has 2 rings (SSSR count). The second-order valence-electron chi connectivity index (χ2n) is 5.34. The molecule has 1 amide bonds. The van der Waals surface area contributed by atoms with E-state index in [1.807, 2.05) is 0 Å². The molecule has 0 spiro atoms. The summed E-state index contributed by atoms with van der Waals surface area (Å²) >= 11 is 0. The molecule has 0 fully saturated rings. The van der Waals surface area contributed by atoms with E-state index in [1.54, 1.807) is 30.3 Å². The van der Waals surface area contributed by atoms with Gasteiger partial charge in [0.25, 0.3) is 5.91 Å². The number of hydrogen-bond donors (Lipinski definition) is 0. The first kappa shape index (κ1) is 18.8.